The molecule has 0 aromatic carbocycles. The first kappa shape index (κ1) is 13.6. The van der Waals surface area contributed by atoms with Gasteiger partial charge in [0.2, 0.25) is 11.9 Å². The molecule has 1 amide bonds. The van der Waals surface area contributed by atoms with E-state index in [-0.39, 0.29) is 11.9 Å². The molecule has 0 unspecified atom stereocenters. The molecule has 2 aliphatic heterocycles. The molecule has 2 aromatic heterocycles. The second-order valence-corrected chi connectivity index (χ2v) is 6.52. The molecule has 0 fully saturated rings. The van der Waals surface area contributed by atoms with Gasteiger partial charge >= 0.3 is 0 Å². The first-order valence-electron chi connectivity index (χ1n) is 7.20. The lowest BCUT2D eigenvalue weighted by Crippen LogP contribution is -2.39. The Morgan fingerprint density at radius 1 is 1.32 bits per heavy atom. The summed E-state index contributed by atoms with van der Waals surface area (Å²) in [6.07, 6.45) is 4.41. The van der Waals surface area contributed by atoms with Gasteiger partial charge in [0.1, 0.15) is 6.54 Å². The summed E-state index contributed by atoms with van der Waals surface area (Å²) in [5.41, 5.74) is 10.0. The number of fused-ring (bicyclic) bond motifs is 2. The van der Waals surface area contributed by atoms with Gasteiger partial charge < -0.3 is 10.6 Å². The maximum absolute atomic E-state index is 12.5. The highest BCUT2D eigenvalue weighted by atomic mass is 32.2. The highest BCUT2D eigenvalue weighted by Crippen LogP contribution is 2.29. The van der Waals surface area contributed by atoms with Crippen LogP contribution in [0, 0.1) is 0 Å². The summed E-state index contributed by atoms with van der Waals surface area (Å²) in [7, 11) is 0. The van der Waals surface area contributed by atoms with Gasteiger partial charge in [0.25, 0.3) is 0 Å². The Labute approximate surface area is 131 Å². The van der Waals surface area contributed by atoms with Crippen molar-refractivity contribution in [2.45, 2.75) is 31.0 Å². The standard InChI is InChI=1S/C14H16N6OS/c15-14-16-3-9-1-2-19(5-11(9)18-14)13(21)6-20-12-8-22-7-10(12)4-17-20/h3-4H,1-2,5-8H2,(H2,15,16,18). The lowest BCUT2D eigenvalue weighted by atomic mass is 10.1. The Kier molecular flexibility index (Phi) is 3.25. The van der Waals surface area contributed by atoms with Crippen LogP contribution in [0.4, 0.5) is 5.95 Å². The van der Waals surface area contributed by atoms with Crippen LogP contribution in [0.2, 0.25) is 0 Å². The third-order valence-electron chi connectivity index (χ3n) is 4.13. The minimum absolute atomic E-state index is 0.0747. The molecule has 2 N–H and O–H groups in total. The van der Waals surface area contributed by atoms with Crippen molar-refractivity contribution in [1.29, 1.82) is 0 Å². The van der Waals surface area contributed by atoms with E-state index in [0.29, 0.717) is 19.6 Å². The van der Waals surface area contributed by atoms with Crippen LogP contribution in [0.25, 0.3) is 0 Å². The summed E-state index contributed by atoms with van der Waals surface area (Å²) >= 11 is 1.86. The van der Waals surface area contributed by atoms with Crippen molar-refractivity contribution < 1.29 is 4.79 Å². The number of nitrogens with two attached hydrogens (primary N) is 1. The van der Waals surface area contributed by atoms with Crippen molar-refractivity contribution in [3.8, 4) is 0 Å². The average molecular weight is 316 g/mol. The minimum atomic E-state index is 0.0747. The van der Waals surface area contributed by atoms with Crippen LogP contribution < -0.4 is 5.73 Å². The molecule has 7 nitrogen and oxygen atoms in total. The Morgan fingerprint density at radius 2 is 2.23 bits per heavy atom. The Morgan fingerprint density at radius 3 is 3.14 bits per heavy atom. The normalized spacial score (nSPS) is 16.5. The zero-order chi connectivity index (χ0) is 15.1. The zero-order valence-electron chi connectivity index (χ0n) is 12.0. The van der Waals surface area contributed by atoms with Crippen LogP contribution in [0.5, 0.6) is 0 Å². The number of carbonyl (C=O) groups is 1. The molecule has 0 aliphatic carbocycles. The summed E-state index contributed by atoms with van der Waals surface area (Å²) in [5.74, 6) is 2.27. The smallest absolute Gasteiger partial charge is 0.244 e. The molecule has 4 heterocycles. The van der Waals surface area contributed by atoms with E-state index in [2.05, 4.69) is 15.1 Å². The van der Waals surface area contributed by atoms with Crippen LogP contribution in [-0.2, 0) is 35.8 Å². The van der Waals surface area contributed by atoms with Crippen LogP contribution in [0.1, 0.15) is 22.5 Å². The van der Waals surface area contributed by atoms with E-state index in [4.69, 9.17) is 5.73 Å². The van der Waals surface area contributed by atoms with Gasteiger partial charge in [-0.25, -0.2) is 9.97 Å². The fourth-order valence-electron chi connectivity index (χ4n) is 2.89. The number of anilines is 1. The number of rotatable bonds is 2. The molecule has 0 spiro atoms. The molecular weight excluding hydrogens is 300 g/mol. The first-order chi connectivity index (χ1) is 10.7. The van der Waals surface area contributed by atoms with Crippen molar-refractivity contribution in [3.05, 3.63) is 34.9 Å². The van der Waals surface area contributed by atoms with Crippen LogP contribution in [0.3, 0.4) is 0 Å². The molecular formula is C14H16N6OS. The van der Waals surface area contributed by atoms with E-state index in [1.807, 2.05) is 27.5 Å². The van der Waals surface area contributed by atoms with Crippen LogP contribution in [0.15, 0.2) is 12.4 Å². The summed E-state index contributed by atoms with van der Waals surface area (Å²) < 4.78 is 1.83. The lowest BCUT2D eigenvalue weighted by molar-refractivity contribution is -0.133. The zero-order valence-corrected chi connectivity index (χ0v) is 12.8. The minimum Gasteiger partial charge on any atom is -0.368 e. The van der Waals surface area contributed by atoms with Gasteiger partial charge in [-0.05, 0) is 12.0 Å². The fourth-order valence-corrected chi connectivity index (χ4v) is 3.98. The van der Waals surface area contributed by atoms with E-state index in [9.17, 15) is 4.79 Å². The molecule has 0 saturated heterocycles. The highest BCUT2D eigenvalue weighted by Gasteiger charge is 2.24. The van der Waals surface area contributed by atoms with Crippen LogP contribution >= 0.6 is 11.8 Å². The van der Waals surface area contributed by atoms with E-state index in [1.165, 1.54) is 11.3 Å². The molecule has 2 aromatic rings. The topological polar surface area (TPSA) is 89.9 Å². The van der Waals surface area contributed by atoms with E-state index in [1.54, 1.807) is 6.20 Å². The molecule has 22 heavy (non-hydrogen) atoms. The quantitative estimate of drug-likeness (QED) is 0.872. The molecule has 4 rings (SSSR count). The van der Waals surface area contributed by atoms with E-state index < -0.39 is 0 Å². The Balaban J connectivity index is 1.49. The second kappa shape index (κ2) is 5.28. The Bertz CT molecular complexity index is 743. The van der Waals surface area contributed by atoms with Gasteiger partial charge in [0.05, 0.1) is 24.1 Å². The number of thioether (sulfide) groups is 1. The van der Waals surface area contributed by atoms with E-state index in [0.717, 1.165) is 29.2 Å². The second-order valence-electron chi connectivity index (χ2n) is 5.53. The maximum atomic E-state index is 12.5. The molecule has 0 saturated carbocycles. The maximum Gasteiger partial charge on any atom is 0.244 e. The summed E-state index contributed by atoms with van der Waals surface area (Å²) in [5, 5.41) is 4.34. The number of aromatic nitrogens is 4. The molecule has 0 atom stereocenters. The van der Waals surface area contributed by atoms with Crippen molar-refractivity contribution >= 4 is 23.6 Å². The molecule has 2 aliphatic rings. The number of amides is 1. The van der Waals surface area contributed by atoms with Crippen molar-refractivity contribution in [2.75, 3.05) is 12.3 Å². The fraction of sp³-hybridized carbons (Fsp3) is 0.429. The average Bonchev–Trinajstić information content (AvgIpc) is 3.11. The van der Waals surface area contributed by atoms with Gasteiger partial charge in [-0.1, -0.05) is 0 Å². The third kappa shape index (κ3) is 2.33. The Hall–Kier alpha value is -2.09. The number of nitrogens with zero attached hydrogens (tertiary/aromatic N) is 5. The van der Waals surface area contributed by atoms with Crippen LogP contribution in [-0.4, -0.2) is 37.1 Å². The molecule has 0 radical (unpaired) electrons. The van der Waals surface area contributed by atoms with Gasteiger partial charge in [-0.15, -0.1) is 0 Å². The van der Waals surface area contributed by atoms with Gasteiger partial charge in [-0.2, -0.15) is 16.9 Å². The third-order valence-corrected chi connectivity index (χ3v) is 5.13. The molecule has 0 bridgehead atoms. The number of carbonyl (C=O) groups excluding carboxylic acids is 1. The molecule has 8 heteroatoms. The van der Waals surface area contributed by atoms with Crippen molar-refractivity contribution in [1.82, 2.24) is 24.6 Å². The highest BCUT2D eigenvalue weighted by molar-refractivity contribution is 7.98. The summed E-state index contributed by atoms with van der Waals surface area (Å²) in [4.78, 5) is 22.6. The van der Waals surface area contributed by atoms with Crippen molar-refractivity contribution in [2.24, 2.45) is 0 Å². The predicted molar refractivity (Wildman–Crippen MR) is 82.8 cm³/mol. The van der Waals surface area contributed by atoms with Gasteiger partial charge in [0, 0.05) is 29.8 Å². The van der Waals surface area contributed by atoms with Gasteiger partial charge in [-0.3, -0.25) is 9.48 Å². The predicted octanol–water partition coefficient (Wildman–Crippen LogP) is 0.587. The number of hydrogen-bond acceptors (Lipinski definition) is 6. The summed E-state index contributed by atoms with van der Waals surface area (Å²) in [6.45, 7) is 1.49. The number of nitrogen functional groups attached to an aromatic ring is 1. The SMILES string of the molecule is Nc1ncc2c(n1)CN(C(=O)Cn1ncc3c1CSC3)CC2. The summed E-state index contributed by atoms with van der Waals surface area (Å²) in [6, 6.07) is 0. The van der Waals surface area contributed by atoms with Gasteiger partial charge in [0.15, 0.2) is 0 Å². The van der Waals surface area contributed by atoms with E-state index >= 15 is 0 Å². The van der Waals surface area contributed by atoms with Crippen molar-refractivity contribution in [3.63, 3.8) is 0 Å². The molecule has 114 valence electrons. The lowest BCUT2D eigenvalue weighted by Gasteiger charge is -2.28. The number of hydrogen-bond donors (Lipinski definition) is 1. The first-order valence-corrected chi connectivity index (χ1v) is 8.35. The largest absolute Gasteiger partial charge is 0.368 e. The monoisotopic (exact) mass is 316 g/mol.